The molecule has 0 aromatic rings. The van der Waals surface area contributed by atoms with Gasteiger partial charge in [0.2, 0.25) is 5.91 Å². The van der Waals surface area contributed by atoms with Gasteiger partial charge < -0.3 is 20.1 Å². The fourth-order valence-electron chi connectivity index (χ4n) is 5.69. The van der Waals surface area contributed by atoms with Crippen molar-refractivity contribution in [1.29, 1.82) is 0 Å². The molecule has 0 radical (unpaired) electrons. The minimum absolute atomic E-state index is 0.0152. The summed E-state index contributed by atoms with van der Waals surface area (Å²) in [5.74, 6) is -0.380. The molecule has 280 valence electrons. The van der Waals surface area contributed by atoms with Crippen LogP contribution >= 0.6 is 0 Å². The third-order valence-electron chi connectivity index (χ3n) is 8.83. The van der Waals surface area contributed by atoms with Crippen LogP contribution in [0.2, 0.25) is 0 Å². The monoisotopic (exact) mass is 675 g/mol. The van der Waals surface area contributed by atoms with E-state index in [1.54, 1.807) is 6.08 Å². The van der Waals surface area contributed by atoms with Gasteiger partial charge in [-0.25, -0.2) is 0 Å². The molecule has 0 fully saturated rings. The number of nitrogens with one attached hydrogen (secondary N) is 1. The molecule has 48 heavy (non-hydrogen) atoms. The smallest absolute Gasteiger partial charge is 0.305 e. The van der Waals surface area contributed by atoms with E-state index in [-0.39, 0.29) is 18.5 Å². The lowest BCUT2D eigenvalue weighted by molar-refractivity contribution is -0.146. The van der Waals surface area contributed by atoms with Crippen LogP contribution in [0.25, 0.3) is 0 Å². The maximum absolute atomic E-state index is 12.8. The number of ether oxygens (including phenoxy) is 1. The Kier molecular flexibility index (Phi) is 34.9. The second-order valence-corrected chi connectivity index (χ2v) is 14.0. The van der Waals surface area contributed by atoms with E-state index in [1.165, 1.54) is 103 Å². The zero-order valence-electron chi connectivity index (χ0n) is 32.0. The molecule has 2 atom stereocenters. The highest BCUT2D eigenvalue weighted by molar-refractivity contribution is 5.76. The van der Waals surface area contributed by atoms with Crippen LogP contribution in [-0.4, -0.2) is 61.3 Å². The Balaban J connectivity index is 4.35. The molecule has 1 amide bonds. The van der Waals surface area contributed by atoms with E-state index < -0.39 is 12.1 Å². The highest BCUT2D eigenvalue weighted by Crippen LogP contribution is 2.13. The number of hydrogen-bond donors (Lipinski definition) is 2. The average molecular weight is 675 g/mol. The second kappa shape index (κ2) is 36.4. The first-order valence-corrected chi connectivity index (χ1v) is 20.1. The van der Waals surface area contributed by atoms with Gasteiger partial charge in [0.15, 0.2) is 0 Å². The van der Waals surface area contributed by atoms with Gasteiger partial charge in [-0.15, -0.1) is 0 Å². The van der Waals surface area contributed by atoms with E-state index in [2.05, 4.69) is 43.5 Å². The molecule has 0 spiro atoms. The van der Waals surface area contributed by atoms with Crippen LogP contribution in [0.15, 0.2) is 36.5 Å². The Bertz CT molecular complexity index is 807. The van der Waals surface area contributed by atoms with Gasteiger partial charge >= 0.3 is 5.97 Å². The van der Waals surface area contributed by atoms with Gasteiger partial charge in [0.05, 0.1) is 12.1 Å². The summed E-state index contributed by atoms with van der Waals surface area (Å²) in [5.41, 5.74) is 0. The normalized spacial score (nSPS) is 13.3. The summed E-state index contributed by atoms with van der Waals surface area (Å²) in [6.07, 6.45) is 41.3. The number of rotatable bonds is 35. The molecule has 2 N–H and O–H groups in total. The van der Waals surface area contributed by atoms with Crippen LogP contribution in [0, 0.1) is 0 Å². The summed E-state index contributed by atoms with van der Waals surface area (Å²) >= 11 is 0. The number of amides is 1. The standard InChI is InChI=1S/C42H78N2O4/c1-5-7-9-11-13-15-17-19-20-22-24-26-28-30-32-35-41(46)43-39(38-48-42(47)36-33-37-44(3)4)40(45)34-31-29-27-25-23-21-18-16-14-12-10-8-6-2/h13,15,19-20,31,34,39-40,45H,5-12,14,16-18,21-30,32-33,35-38H2,1-4H3,(H,43,46)/b15-13-,20-19-,34-31+. The highest BCUT2D eigenvalue weighted by atomic mass is 16.5. The van der Waals surface area contributed by atoms with Crippen LogP contribution in [0.4, 0.5) is 0 Å². The first-order chi connectivity index (χ1) is 23.4. The third kappa shape index (κ3) is 34.0. The van der Waals surface area contributed by atoms with Gasteiger partial charge in [0.25, 0.3) is 0 Å². The molecule has 0 aromatic carbocycles. The largest absolute Gasteiger partial charge is 0.463 e. The summed E-state index contributed by atoms with van der Waals surface area (Å²) in [7, 11) is 3.95. The van der Waals surface area contributed by atoms with Crippen molar-refractivity contribution in [3.05, 3.63) is 36.5 Å². The molecule has 0 saturated carbocycles. The maximum Gasteiger partial charge on any atom is 0.305 e. The van der Waals surface area contributed by atoms with Gasteiger partial charge in [0.1, 0.15) is 6.61 Å². The van der Waals surface area contributed by atoms with Crippen molar-refractivity contribution in [3.63, 3.8) is 0 Å². The molecule has 2 unspecified atom stereocenters. The molecule has 0 aliphatic carbocycles. The third-order valence-corrected chi connectivity index (χ3v) is 8.83. The van der Waals surface area contributed by atoms with Crippen molar-refractivity contribution in [2.45, 2.75) is 193 Å². The SMILES string of the molecule is CCCCC/C=C\C/C=C\CCCCCCCC(=O)NC(COC(=O)CCCN(C)C)C(O)/C=C/CCCCCCCCCCCCC. The van der Waals surface area contributed by atoms with Crippen LogP contribution in [-0.2, 0) is 14.3 Å². The predicted octanol–water partition coefficient (Wildman–Crippen LogP) is 10.8. The maximum atomic E-state index is 12.8. The van der Waals surface area contributed by atoms with Crippen LogP contribution in [0.5, 0.6) is 0 Å². The molecule has 0 saturated heterocycles. The van der Waals surface area contributed by atoms with E-state index in [0.29, 0.717) is 12.8 Å². The van der Waals surface area contributed by atoms with Gasteiger partial charge in [-0.2, -0.15) is 0 Å². The second-order valence-electron chi connectivity index (χ2n) is 14.0. The minimum atomic E-state index is -0.888. The predicted molar refractivity (Wildman–Crippen MR) is 206 cm³/mol. The Morgan fingerprint density at radius 3 is 1.67 bits per heavy atom. The number of aliphatic hydroxyl groups excluding tert-OH is 1. The topological polar surface area (TPSA) is 78.9 Å². The van der Waals surface area contributed by atoms with E-state index in [1.807, 2.05) is 25.1 Å². The first-order valence-electron chi connectivity index (χ1n) is 20.1. The lowest BCUT2D eigenvalue weighted by Gasteiger charge is -2.22. The van der Waals surface area contributed by atoms with Crippen molar-refractivity contribution in [2.75, 3.05) is 27.2 Å². The van der Waals surface area contributed by atoms with E-state index in [0.717, 1.165) is 57.9 Å². The Morgan fingerprint density at radius 2 is 1.10 bits per heavy atom. The fraction of sp³-hybridized carbons (Fsp3) is 0.810. The molecule has 0 aromatic heterocycles. The van der Waals surface area contributed by atoms with Crippen molar-refractivity contribution < 1.29 is 19.4 Å². The van der Waals surface area contributed by atoms with Gasteiger partial charge in [0, 0.05) is 12.8 Å². The average Bonchev–Trinajstić information content (AvgIpc) is 3.06. The summed E-state index contributed by atoms with van der Waals surface area (Å²) in [4.78, 5) is 27.1. The molecule has 6 nitrogen and oxygen atoms in total. The van der Waals surface area contributed by atoms with Crippen molar-refractivity contribution in [2.24, 2.45) is 0 Å². The number of carbonyl (C=O) groups is 2. The molecule has 0 rings (SSSR count). The lowest BCUT2D eigenvalue weighted by atomic mass is 10.0. The first kappa shape index (κ1) is 46.1. The van der Waals surface area contributed by atoms with E-state index >= 15 is 0 Å². The number of esters is 1. The van der Waals surface area contributed by atoms with Crippen molar-refractivity contribution in [3.8, 4) is 0 Å². The van der Waals surface area contributed by atoms with Gasteiger partial charge in [-0.3, -0.25) is 9.59 Å². The molecule has 0 bridgehead atoms. The van der Waals surface area contributed by atoms with Gasteiger partial charge in [-0.1, -0.05) is 147 Å². The zero-order valence-corrected chi connectivity index (χ0v) is 32.0. The molecule has 6 heteroatoms. The number of hydrogen-bond acceptors (Lipinski definition) is 5. The zero-order chi connectivity index (χ0) is 35.3. The minimum Gasteiger partial charge on any atom is -0.463 e. The van der Waals surface area contributed by atoms with Crippen LogP contribution in [0.1, 0.15) is 181 Å². The van der Waals surface area contributed by atoms with Crippen LogP contribution < -0.4 is 5.32 Å². The van der Waals surface area contributed by atoms with Gasteiger partial charge in [-0.05, 0) is 78.4 Å². The summed E-state index contributed by atoms with van der Waals surface area (Å²) in [6, 6.07) is -0.637. The summed E-state index contributed by atoms with van der Waals surface area (Å²) < 4.78 is 5.48. The number of carbonyl (C=O) groups excluding carboxylic acids is 2. The number of nitrogens with zero attached hydrogens (tertiary/aromatic N) is 1. The van der Waals surface area contributed by atoms with Crippen molar-refractivity contribution in [1.82, 2.24) is 10.2 Å². The summed E-state index contributed by atoms with van der Waals surface area (Å²) in [5, 5.41) is 13.8. The summed E-state index contributed by atoms with van der Waals surface area (Å²) in [6.45, 7) is 5.30. The number of allylic oxidation sites excluding steroid dienone is 5. The van der Waals surface area contributed by atoms with E-state index in [9.17, 15) is 14.7 Å². The Labute approximate surface area is 297 Å². The molecule has 0 heterocycles. The molecular weight excluding hydrogens is 596 g/mol. The highest BCUT2D eigenvalue weighted by Gasteiger charge is 2.21. The molecule has 0 aliphatic heterocycles. The lowest BCUT2D eigenvalue weighted by Crippen LogP contribution is -2.46. The molecule has 0 aliphatic rings. The fourth-order valence-corrected chi connectivity index (χ4v) is 5.69. The van der Waals surface area contributed by atoms with E-state index in [4.69, 9.17) is 4.74 Å². The quantitative estimate of drug-likeness (QED) is 0.0397. The number of unbranched alkanes of at least 4 members (excludes halogenated alkanes) is 19. The number of aliphatic hydroxyl groups is 1. The Morgan fingerprint density at radius 1 is 0.625 bits per heavy atom. The van der Waals surface area contributed by atoms with Crippen molar-refractivity contribution >= 4 is 11.9 Å². The Hall–Kier alpha value is -1.92. The van der Waals surface area contributed by atoms with Crippen LogP contribution in [0.3, 0.4) is 0 Å². The molecular formula is C42H78N2O4.